The zero-order valence-corrected chi connectivity index (χ0v) is 20.4. The smallest absolute Gasteiger partial charge is 0.110 e. The fraction of sp³-hybridized carbons (Fsp3) is 0.857. The lowest BCUT2D eigenvalue weighted by molar-refractivity contribution is -0.157. The second-order valence-corrected chi connectivity index (χ2v) is 12.7. The largest absolute Gasteiger partial charge is 0.393 e. The lowest BCUT2D eigenvalue weighted by Crippen LogP contribution is -2.65. The Morgan fingerprint density at radius 1 is 1.16 bits per heavy atom. The van der Waals surface area contributed by atoms with Crippen molar-refractivity contribution in [3.63, 3.8) is 0 Å². The number of aliphatic hydroxyl groups is 2. The lowest BCUT2D eigenvalue weighted by Gasteiger charge is -2.60. The van der Waals surface area contributed by atoms with Crippen LogP contribution in [0.4, 0.5) is 0 Å². The first-order chi connectivity index (χ1) is 14.5. The molecule has 0 aromatic heterocycles. The van der Waals surface area contributed by atoms with Gasteiger partial charge in [-0.2, -0.15) is 0 Å². The highest BCUT2D eigenvalue weighted by atomic mass is 16.6. The fourth-order valence-electron chi connectivity index (χ4n) is 8.74. The van der Waals surface area contributed by atoms with Crippen molar-refractivity contribution in [3.8, 4) is 0 Å². The molecule has 5 aliphatic rings. The third kappa shape index (κ3) is 2.81. The number of epoxide rings is 1. The molecule has 174 valence electrons. The third-order valence-corrected chi connectivity index (χ3v) is 11.1. The van der Waals surface area contributed by atoms with E-state index in [0.29, 0.717) is 24.2 Å². The minimum absolute atomic E-state index is 0.0934. The van der Waals surface area contributed by atoms with Gasteiger partial charge in [-0.15, -0.1) is 0 Å². The molecule has 0 unspecified atom stereocenters. The van der Waals surface area contributed by atoms with E-state index < -0.39 is 5.60 Å². The fourth-order valence-corrected chi connectivity index (χ4v) is 8.74. The van der Waals surface area contributed by atoms with E-state index in [1.54, 1.807) is 0 Å². The van der Waals surface area contributed by atoms with Crippen molar-refractivity contribution in [2.24, 2.45) is 34.5 Å². The first-order valence-corrected chi connectivity index (χ1v) is 13.0. The maximum atomic E-state index is 12.3. The molecule has 1 spiro atoms. The average Bonchev–Trinajstić information content (AvgIpc) is 3.29. The Morgan fingerprint density at radius 3 is 2.61 bits per heavy atom. The van der Waals surface area contributed by atoms with E-state index in [1.807, 2.05) is 0 Å². The van der Waals surface area contributed by atoms with Crippen LogP contribution >= 0.6 is 0 Å². The molecule has 31 heavy (non-hydrogen) atoms. The zero-order chi connectivity index (χ0) is 22.4. The van der Waals surface area contributed by atoms with E-state index in [-0.39, 0.29) is 28.6 Å². The highest BCUT2D eigenvalue weighted by Crippen LogP contribution is 2.73. The first kappa shape index (κ1) is 22.2. The van der Waals surface area contributed by atoms with Crippen molar-refractivity contribution in [3.05, 3.63) is 23.8 Å². The Morgan fingerprint density at radius 2 is 1.90 bits per heavy atom. The summed E-state index contributed by atoms with van der Waals surface area (Å²) in [6, 6.07) is 0. The Labute approximate surface area is 189 Å². The molecule has 3 heteroatoms. The van der Waals surface area contributed by atoms with E-state index >= 15 is 0 Å². The van der Waals surface area contributed by atoms with Crippen LogP contribution in [0.5, 0.6) is 0 Å². The van der Waals surface area contributed by atoms with Gasteiger partial charge in [0.15, 0.2) is 0 Å². The van der Waals surface area contributed by atoms with E-state index in [4.69, 9.17) is 4.74 Å². The summed E-state index contributed by atoms with van der Waals surface area (Å²) >= 11 is 0. The van der Waals surface area contributed by atoms with Gasteiger partial charge in [0.25, 0.3) is 0 Å². The minimum atomic E-state index is -0.769. The number of fused-ring (bicyclic) bond motifs is 4. The second kappa shape index (κ2) is 6.93. The number of hydrogen-bond acceptors (Lipinski definition) is 3. The molecule has 1 saturated heterocycles. The molecule has 4 aliphatic carbocycles. The maximum absolute atomic E-state index is 12.3. The molecule has 3 nitrogen and oxygen atoms in total. The Balaban J connectivity index is 1.41. The number of aliphatic hydroxyl groups excluding tert-OH is 1. The lowest BCUT2D eigenvalue weighted by atomic mass is 9.45. The van der Waals surface area contributed by atoms with Crippen molar-refractivity contribution in [2.45, 2.75) is 116 Å². The monoisotopic (exact) mass is 428 g/mol. The second-order valence-electron chi connectivity index (χ2n) is 12.7. The van der Waals surface area contributed by atoms with Gasteiger partial charge in [0.2, 0.25) is 0 Å². The van der Waals surface area contributed by atoms with Gasteiger partial charge in [-0.1, -0.05) is 52.8 Å². The molecular formula is C28H44O3. The van der Waals surface area contributed by atoms with Gasteiger partial charge in [-0.3, -0.25) is 0 Å². The third-order valence-electron chi connectivity index (χ3n) is 11.1. The van der Waals surface area contributed by atoms with Crippen LogP contribution in [-0.4, -0.2) is 33.6 Å². The van der Waals surface area contributed by atoms with Gasteiger partial charge in [0, 0.05) is 11.8 Å². The molecule has 3 saturated carbocycles. The van der Waals surface area contributed by atoms with Crippen LogP contribution in [0.1, 0.15) is 92.4 Å². The van der Waals surface area contributed by atoms with E-state index in [9.17, 15) is 10.2 Å². The minimum Gasteiger partial charge on any atom is -0.393 e. The molecule has 4 fully saturated rings. The van der Waals surface area contributed by atoms with E-state index in [1.165, 1.54) is 30.4 Å². The Kier molecular flexibility index (Phi) is 4.96. The van der Waals surface area contributed by atoms with Gasteiger partial charge in [-0.05, 0) is 86.0 Å². The number of ether oxygens (including phenoxy) is 1. The first-order valence-electron chi connectivity index (χ1n) is 13.0. The SMILES string of the molecule is C=C(CC[C@@H](C)[C@H]1CC[C@H]2C3=C[C@@H]4O[C@@]45C[C@@H](O)CC[C@]5(C)[C@@]3(O)CC[C@]12C)C(C)C. The van der Waals surface area contributed by atoms with Crippen molar-refractivity contribution in [1.29, 1.82) is 0 Å². The number of rotatable bonds is 5. The van der Waals surface area contributed by atoms with Crippen LogP contribution < -0.4 is 0 Å². The van der Waals surface area contributed by atoms with Gasteiger partial charge >= 0.3 is 0 Å². The van der Waals surface area contributed by atoms with Crippen molar-refractivity contribution in [2.75, 3.05) is 0 Å². The van der Waals surface area contributed by atoms with Crippen LogP contribution in [0.15, 0.2) is 23.8 Å². The molecule has 0 radical (unpaired) electrons. The number of allylic oxidation sites excluding steroid dienone is 1. The van der Waals surface area contributed by atoms with Crippen molar-refractivity contribution >= 4 is 0 Å². The van der Waals surface area contributed by atoms with Crippen molar-refractivity contribution < 1.29 is 14.9 Å². The summed E-state index contributed by atoms with van der Waals surface area (Å²) in [6.07, 6.45) is 11.2. The number of hydrogen-bond donors (Lipinski definition) is 2. The van der Waals surface area contributed by atoms with Crippen LogP contribution in [0, 0.1) is 34.5 Å². The van der Waals surface area contributed by atoms with Crippen LogP contribution in [0.25, 0.3) is 0 Å². The van der Waals surface area contributed by atoms with Crippen LogP contribution in [-0.2, 0) is 4.74 Å². The summed E-state index contributed by atoms with van der Waals surface area (Å²) in [5.74, 6) is 2.45. The zero-order valence-electron chi connectivity index (χ0n) is 20.4. The Hall–Kier alpha value is -0.640. The molecule has 0 amide bonds. The summed E-state index contributed by atoms with van der Waals surface area (Å²) in [6.45, 7) is 16.1. The summed E-state index contributed by atoms with van der Waals surface area (Å²) in [5, 5.41) is 22.7. The molecule has 9 atom stereocenters. The van der Waals surface area contributed by atoms with Crippen LogP contribution in [0.3, 0.4) is 0 Å². The van der Waals surface area contributed by atoms with Crippen LogP contribution in [0.2, 0.25) is 0 Å². The summed E-state index contributed by atoms with van der Waals surface area (Å²) in [4.78, 5) is 0. The molecular weight excluding hydrogens is 384 g/mol. The predicted octanol–water partition coefficient (Wildman–Crippen LogP) is 5.80. The highest BCUT2D eigenvalue weighted by molar-refractivity contribution is 5.44. The van der Waals surface area contributed by atoms with E-state index in [0.717, 1.165) is 38.0 Å². The topological polar surface area (TPSA) is 53.0 Å². The maximum Gasteiger partial charge on any atom is 0.110 e. The van der Waals surface area contributed by atoms with Gasteiger partial charge in [-0.25, -0.2) is 0 Å². The highest BCUT2D eigenvalue weighted by Gasteiger charge is 2.78. The molecule has 2 N–H and O–H groups in total. The standard InChI is InChI=1S/C28H44O3/c1-17(2)18(3)7-8-19(4)21-9-10-22-23-15-24-28(31-24)16-20(29)11-12-26(28,6)27(23,30)14-13-25(21,22)5/h15,17,19-22,24,29-30H,3,7-14,16H2,1-2,4-6H3/t19-,20+,21-,22+,24+,25-,26-,27-,28+/m1/s1. The normalized spacial score (nSPS) is 51.3. The molecule has 1 heterocycles. The van der Waals surface area contributed by atoms with Gasteiger partial charge < -0.3 is 14.9 Å². The summed E-state index contributed by atoms with van der Waals surface area (Å²) in [5.41, 5.74) is 1.59. The molecule has 1 aliphatic heterocycles. The molecule has 0 bridgehead atoms. The molecule has 0 aromatic carbocycles. The summed E-state index contributed by atoms with van der Waals surface area (Å²) in [7, 11) is 0. The molecule has 0 aromatic rings. The average molecular weight is 429 g/mol. The Bertz CT molecular complexity index is 800. The van der Waals surface area contributed by atoms with Crippen molar-refractivity contribution in [1.82, 2.24) is 0 Å². The van der Waals surface area contributed by atoms with E-state index in [2.05, 4.69) is 47.3 Å². The quantitative estimate of drug-likeness (QED) is 0.430. The van der Waals surface area contributed by atoms with Gasteiger partial charge in [0.05, 0.1) is 11.7 Å². The molecule has 5 rings (SSSR count). The predicted molar refractivity (Wildman–Crippen MR) is 125 cm³/mol. The summed E-state index contributed by atoms with van der Waals surface area (Å²) < 4.78 is 6.34. The van der Waals surface area contributed by atoms with Gasteiger partial charge in [0.1, 0.15) is 11.7 Å².